The molecule has 1 aromatic heterocycles. The first kappa shape index (κ1) is 13.4. The zero-order valence-corrected chi connectivity index (χ0v) is 11.5. The normalized spacial score (nSPS) is 16.3. The van der Waals surface area contributed by atoms with E-state index in [1.54, 1.807) is 13.0 Å². The Balaban J connectivity index is 2.09. The molecule has 4 heteroatoms. The third-order valence-corrected chi connectivity index (χ3v) is 3.31. The van der Waals surface area contributed by atoms with Crippen LogP contribution in [0.5, 0.6) is 0 Å². The second kappa shape index (κ2) is 5.31. The molecular weight excluding hydrogens is 240 g/mol. The zero-order chi connectivity index (χ0) is 14.0. The van der Waals surface area contributed by atoms with Gasteiger partial charge in [-0.05, 0) is 51.3 Å². The summed E-state index contributed by atoms with van der Waals surface area (Å²) in [5, 5.41) is 8.57. The number of ether oxygens (including phenoxy) is 1. The van der Waals surface area contributed by atoms with Crippen LogP contribution in [0.1, 0.15) is 42.8 Å². The summed E-state index contributed by atoms with van der Waals surface area (Å²) in [6.45, 7) is 5.69. The number of carbonyl (C=O) groups excluding carboxylic acids is 1. The molecule has 1 aromatic rings. The highest BCUT2D eigenvalue weighted by atomic mass is 16.5. The molecule has 1 aliphatic carbocycles. The van der Waals surface area contributed by atoms with Crippen LogP contribution in [0.3, 0.4) is 0 Å². The van der Waals surface area contributed by atoms with Crippen molar-refractivity contribution in [2.45, 2.75) is 45.8 Å². The minimum Gasteiger partial charge on any atom is -0.444 e. The van der Waals surface area contributed by atoms with Crippen LogP contribution in [0.25, 0.3) is 6.08 Å². The number of rotatable bonds is 4. The third kappa shape index (κ3) is 3.05. The summed E-state index contributed by atoms with van der Waals surface area (Å²) in [5.74, 6) is -0.481. The molecule has 1 fully saturated rings. The molecule has 1 saturated carbocycles. The topological polar surface area (TPSA) is 55.0 Å². The van der Waals surface area contributed by atoms with Crippen molar-refractivity contribution in [2.24, 2.45) is 0 Å². The van der Waals surface area contributed by atoms with Gasteiger partial charge in [0.15, 0.2) is 6.10 Å². The summed E-state index contributed by atoms with van der Waals surface area (Å²) in [6.07, 6.45) is 4.90. The molecule has 0 aromatic carbocycles. The van der Waals surface area contributed by atoms with E-state index in [0.717, 1.165) is 5.56 Å². The minimum atomic E-state index is -0.712. The first-order valence-corrected chi connectivity index (χ1v) is 6.49. The van der Waals surface area contributed by atoms with Crippen LogP contribution < -0.4 is 0 Å². The number of carbonyl (C=O) groups is 1. The SMILES string of the molecule is Cc1cc(/C=C/C(=O)O[C@H](C)C#N)c(C)n1C1CC1. The van der Waals surface area contributed by atoms with Crippen molar-refractivity contribution in [3.05, 3.63) is 29.1 Å². The maximum Gasteiger partial charge on any atom is 0.332 e. The Hall–Kier alpha value is -2.02. The molecule has 4 nitrogen and oxygen atoms in total. The van der Waals surface area contributed by atoms with Crippen molar-refractivity contribution in [1.29, 1.82) is 5.26 Å². The highest BCUT2D eigenvalue weighted by molar-refractivity contribution is 5.87. The van der Waals surface area contributed by atoms with Gasteiger partial charge in [0.2, 0.25) is 0 Å². The Morgan fingerprint density at radius 3 is 2.84 bits per heavy atom. The van der Waals surface area contributed by atoms with Crippen LogP contribution in [0.2, 0.25) is 0 Å². The number of aryl methyl sites for hydroxylation is 1. The van der Waals surface area contributed by atoms with Gasteiger partial charge in [0.05, 0.1) is 0 Å². The number of hydrogen-bond donors (Lipinski definition) is 0. The Kier molecular flexibility index (Phi) is 3.75. The van der Waals surface area contributed by atoms with Crippen molar-refractivity contribution < 1.29 is 9.53 Å². The Morgan fingerprint density at radius 1 is 1.58 bits per heavy atom. The van der Waals surface area contributed by atoms with E-state index in [2.05, 4.69) is 24.5 Å². The number of esters is 1. The van der Waals surface area contributed by atoms with Crippen LogP contribution in [0, 0.1) is 25.2 Å². The molecular formula is C15H18N2O2. The molecule has 100 valence electrons. The van der Waals surface area contributed by atoms with E-state index in [9.17, 15) is 4.79 Å². The number of nitrogens with zero attached hydrogens (tertiary/aromatic N) is 2. The summed E-state index contributed by atoms with van der Waals surface area (Å²) >= 11 is 0. The van der Waals surface area contributed by atoms with E-state index < -0.39 is 12.1 Å². The van der Waals surface area contributed by atoms with Crippen LogP contribution in [0.15, 0.2) is 12.1 Å². The van der Waals surface area contributed by atoms with E-state index in [1.807, 2.05) is 6.07 Å². The smallest absolute Gasteiger partial charge is 0.332 e. The number of hydrogen-bond acceptors (Lipinski definition) is 3. The van der Waals surface area contributed by atoms with E-state index in [4.69, 9.17) is 10.00 Å². The largest absolute Gasteiger partial charge is 0.444 e. The summed E-state index contributed by atoms with van der Waals surface area (Å²) in [4.78, 5) is 11.5. The van der Waals surface area contributed by atoms with Crippen molar-refractivity contribution in [3.63, 3.8) is 0 Å². The van der Waals surface area contributed by atoms with Crippen molar-refractivity contribution in [2.75, 3.05) is 0 Å². The molecule has 0 aliphatic heterocycles. The second-order valence-corrected chi connectivity index (χ2v) is 4.97. The molecule has 0 radical (unpaired) electrons. The quantitative estimate of drug-likeness (QED) is 0.616. The van der Waals surface area contributed by atoms with Crippen molar-refractivity contribution in [1.82, 2.24) is 4.57 Å². The number of nitriles is 1. The molecule has 19 heavy (non-hydrogen) atoms. The second-order valence-electron chi connectivity index (χ2n) is 4.97. The van der Waals surface area contributed by atoms with E-state index >= 15 is 0 Å². The van der Waals surface area contributed by atoms with Gasteiger partial charge in [0.1, 0.15) is 6.07 Å². The van der Waals surface area contributed by atoms with Gasteiger partial charge in [0, 0.05) is 23.5 Å². The zero-order valence-electron chi connectivity index (χ0n) is 11.5. The van der Waals surface area contributed by atoms with Gasteiger partial charge in [-0.25, -0.2) is 4.79 Å². The van der Waals surface area contributed by atoms with Gasteiger partial charge in [0.25, 0.3) is 0 Å². The Labute approximate surface area is 113 Å². The fourth-order valence-corrected chi connectivity index (χ4v) is 2.26. The van der Waals surface area contributed by atoms with Crippen LogP contribution >= 0.6 is 0 Å². The third-order valence-electron chi connectivity index (χ3n) is 3.31. The maximum absolute atomic E-state index is 11.5. The average molecular weight is 258 g/mol. The molecule has 0 saturated heterocycles. The highest BCUT2D eigenvalue weighted by Crippen LogP contribution is 2.38. The van der Waals surface area contributed by atoms with Gasteiger partial charge in [-0.3, -0.25) is 0 Å². The molecule has 1 aliphatic rings. The first-order chi connectivity index (χ1) is 9.02. The first-order valence-electron chi connectivity index (χ1n) is 6.49. The Morgan fingerprint density at radius 2 is 2.26 bits per heavy atom. The predicted molar refractivity (Wildman–Crippen MR) is 72.4 cm³/mol. The molecule has 2 rings (SSSR count). The summed E-state index contributed by atoms with van der Waals surface area (Å²) in [6, 6.07) is 4.57. The molecule has 0 bridgehead atoms. The fourth-order valence-electron chi connectivity index (χ4n) is 2.26. The van der Waals surface area contributed by atoms with Crippen LogP contribution in [-0.4, -0.2) is 16.6 Å². The van der Waals surface area contributed by atoms with Gasteiger partial charge in [-0.2, -0.15) is 5.26 Å². The lowest BCUT2D eigenvalue weighted by Crippen LogP contribution is -2.10. The molecule has 0 unspecified atom stereocenters. The lowest BCUT2D eigenvalue weighted by atomic mass is 10.2. The van der Waals surface area contributed by atoms with Crippen LogP contribution in [-0.2, 0) is 9.53 Å². The fraction of sp³-hybridized carbons (Fsp3) is 0.467. The summed E-state index contributed by atoms with van der Waals surface area (Å²) < 4.78 is 7.19. The highest BCUT2D eigenvalue weighted by Gasteiger charge is 2.26. The maximum atomic E-state index is 11.5. The monoisotopic (exact) mass is 258 g/mol. The van der Waals surface area contributed by atoms with Crippen molar-refractivity contribution >= 4 is 12.0 Å². The van der Waals surface area contributed by atoms with Gasteiger partial charge in [-0.1, -0.05) is 0 Å². The van der Waals surface area contributed by atoms with E-state index in [-0.39, 0.29) is 0 Å². The summed E-state index contributed by atoms with van der Waals surface area (Å²) in [7, 11) is 0. The molecule has 0 spiro atoms. The van der Waals surface area contributed by atoms with Gasteiger partial charge < -0.3 is 9.30 Å². The van der Waals surface area contributed by atoms with E-state index in [0.29, 0.717) is 6.04 Å². The summed E-state index contributed by atoms with van der Waals surface area (Å²) in [5.41, 5.74) is 3.43. The Bertz CT molecular complexity index is 559. The lowest BCUT2D eigenvalue weighted by molar-refractivity contribution is -0.139. The minimum absolute atomic E-state index is 0.481. The standard InChI is InChI=1S/C15H18N2O2/c1-10-8-13(12(3)17(10)14-5-6-14)4-7-15(18)19-11(2)9-16/h4,7-8,11,14H,5-6H2,1-3H3/b7-4+/t11-/m1/s1. The molecule has 0 N–H and O–H groups in total. The van der Waals surface area contributed by atoms with E-state index in [1.165, 1.54) is 30.3 Å². The molecule has 1 atom stereocenters. The molecule has 0 amide bonds. The predicted octanol–water partition coefficient (Wildman–Crippen LogP) is 2.91. The van der Waals surface area contributed by atoms with Crippen LogP contribution in [0.4, 0.5) is 0 Å². The lowest BCUT2D eigenvalue weighted by Gasteiger charge is -2.06. The average Bonchev–Trinajstić information content (AvgIpc) is 3.14. The van der Waals surface area contributed by atoms with Crippen molar-refractivity contribution in [3.8, 4) is 6.07 Å². The number of aromatic nitrogens is 1. The molecule has 1 heterocycles. The van der Waals surface area contributed by atoms with Gasteiger partial charge in [-0.15, -0.1) is 0 Å². The van der Waals surface area contributed by atoms with Gasteiger partial charge >= 0.3 is 5.97 Å².